The molecule has 0 atom stereocenters. The maximum absolute atomic E-state index is 5.42. The fourth-order valence-electron chi connectivity index (χ4n) is 2.56. The van der Waals surface area contributed by atoms with E-state index >= 15 is 0 Å². The lowest BCUT2D eigenvalue weighted by Gasteiger charge is -2.33. The summed E-state index contributed by atoms with van der Waals surface area (Å²) in [4.78, 5) is 11.4. The molecule has 1 aromatic rings. The molecule has 19 heavy (non-hydrogen) atoms. The molecule has 0 amide bonds. The maximum Gasteiger partial charge on any atom is 0.137 e. The summed E-state index contributed by atoms with van der Waals surface area (Å²) in [7, 11) is 1.80. The number of hydrogen-bond donors (Lipinski definition) is 1. The summed E-state index contributed by atoms with van der Waals surface area (Å²) in [6, 6.07) is 0. The summed E-state index contributed by atoms with van der Waals surface area (Å²) in [5, 5.41) is 3.31. The van der Waals surface area contributed by atoms with Gasteiger partial charge in [-0.1, -0.05) is 0 Å². The zero-order chi connectivity index (χ0) is 13.8. The van der Waals surface area contributed by atoms with Crippen molar-refractivity contribution in [3.05, 3.63) is 11.4 Å². The summed E-state index contributed by atoms with van der Waals surface area (Å²) in [5.41, 5.74) is 1.14. The highest BCUT2D eigenvalue weighted by Gasteiger charge is 2.22. The third kappa shape index (κ3) is 3.15. The van der Waals surface area contributed by atoms with E-state index < -0.39 is 0 Å². The van der Waals surface area contributed by atoms with Crippen molar-refractivity contribution < 1.29 is 4.74 Å². The lowest BCUT2D eigenvalue weighted by molar-refractivity contribution is 0.0818. The third-order valence-corrected chi connectivity index (χ3v) is 3.65. The number of ether oxygens (including phenoxy) is 1. The first kappa shape index (κ1) is 14.1. The predicted octanol–water partition coefficient (Wildman–Crippen LogP) is 2.14. The van der Waals surface area contributed by atoms with Crippen molar-refractivity contribution in [3.8, 4) is 0 Å². The molecule has 1 aromatic heterocycles. The van der Waals surface area contributed by atoms with E-state index in [2.05, 4.69) is 34.0 Å². The van der Waals surface area contributed by atoms with Gasteiger partial charge in [0.2, 0.25) is 0 Å². The van der Waals surface area contributed by atoms with Crippen molar-refractivity contribution in [1.82, 2.24) is 9.97 Å². The first-order valence-corrected chi connectivity index (χ1v) is 7.02. The molecule has 0 unspecified atom stereocenters. The minimum atomic E-state index is 0.396. The lowest BCUT2D eigenvalue weighted by atomic mass is 10.1. The van der Waals surface area contributed by atoms with Gasteiger partial charge in [0, 0.05) is 32.3 Å². The largest absolute Gasteiger partial charge is 0.381 e. The van der Waals surface area contributed by atoms with E-state index in [-0.39, 0.29) is 0 Å². The Morgan fingerprint density at radius 1 is 1.26 bits per heavy atom. The summed E-state index contributed by atoms with van der Waals surface area (Å²) in [6.07, 6.45) is 2.53. The SMILES string of the molecule is CCNc1nc(C)nc(N2CCC(OC)CC2)c1C. The van der Waals surface area contributed by atoms with Gasteiger partial charge in [0.05, 0.1) is 6.10 Å². The van der Waals surface area contributed by atoms with E-state index in [1.165, 1.54) is 0 Å². The molecule has 5 nitrogen and oxygen atoms in total. The smallest absolute Gasteiger partial charge is 0.137 e. The zero-order valence-electron chi connectivity index (χ0n) is 12.4. The van der Waals surface area contributed by atoms with Crippen molar-refractivity contribution in [3.63, 3.8) is 0 Å². The standard InChI is InChI=1S/C14H24N4O/c1-5-15-13-10(2)14(17-11(3)16-13)18-8-6-12(19-4)7-9-18/h12H,5-9H2,1-4H3,(H,15,16,17). The van der Waals surface area contributed by atoms with Gasteiger partial charge in [0.15, 0.2) is 0 Å². The molecular formula is C14H24N4O. The van der Waals surface area contributed by atoms with Crippen LogP contribution in [0.25, 0.3) is 0 Å². The number of anilines is 2. The van der Waals surface area contributed by atoms with Crippen molar-refractivity contribution in [2.45, 2.75) is 39.7 Å². The minimum absolute atomic E-state index is 0.396. The molecule has 1 saturated heterocycles. The number of piperidine rings is 1. The first-order chi connectivity index (χ1) is 9.15. The van der Waals surface area contributed by atoms with Gasteiger partial charge >= 0.3 is 0 Å². The van der Waals surface area contributed by atoms with E-state index in [0.717, 1.165) is 55.5 Å². The van der Waals surface area contributed by atoms with E-state index in [4.69, 9.17) is 4.74 Å². The van der Waals surface area contributed by atoms with Crippen LogP contribution < -0.4 is 10.2 Å². The topological polar surface area (TPSA) is 50.3 Å². The summed E-state index contributed by atoms with van der Waals surface area (Å²) in [6.45, 7) is 9.01. The van der Waals surface area contributed by atoms with Crippen LogP contribution in [0.5, 0.6) is 0 Å². The molecule has 0 bridgehead atoms. The molecule has 1 aliphatic rings. The van der Waals surface area contributed by atoms with E-state index in [0.29, 0.717) is 6.10 Å². The van der Waals surface area contributed by atoms with Crippen LogP contribution in [0.3, 0.4) is 0 Å². The van der Waals surface area contributed by atoms with Crippen LogP contribution in [0.1, 0.15) is 31.2 Å². The second-order valence-electron chi connectivity index (χ2n) is 5.02. The highest BCUT2D eigenvalue weighted by molar-refractivity contribution is 5.58. The molecule has 0 radical (unpaired) electrons. The average Bonchev–Trinajstić information content (AvgIpc) is 2.43. The van der Waals surface area contributed by atoms with Gasteiger partial charge in [-0.05, 0) is 33.6 Å². The minimum Gasteiger partial charge on any atom is -0.381 e. The van der Waals surface area contributed by atoms with Gasteiger partial charge in [-0.25, -0.2) is 9.97 Å². The quantitative estimate of drug-likeness (QED) is 0.903. The molecule has 0 saturated carbocycles. The van der Waals surface area contributed by atoms with Gasteiger partial charge in [0.1, 0.15) is 17.5 Å². The molecular weight excluding hydrogens is 240 g/mol. The maximum atomic E-state index is 5.42. The van der Waals surface area contributed by atoms with E-state index in [1.807, 2.05) is 6.92 Å². The van der Waals surface area contributed by atoms with Gasteiger partial charge < -0.3 is 15.0 Å². The van der Waals surface area contributed by atoms with Gasteiger partial charge in [-0.3, -0.25) is 0 Å². The zero-order valence-corrected chi connectivity index (χ0v) is 12.4. The number of aryl methyl sites for hydroxylation is 1. The molecule has 106 valence electrons. The van der Waals surface area contributed by atoms with Gasteiger partial charge in [-0.2, -0.15) is 0 Å². The second-order valence-corrected chi connectivity index (χ2v) is 5.02. The highest BCUT2D eigenvalue weighted by atomic mass is 16.5. The molecule has 1 N–H and O–H groups in total. The first-order valence-electron chi connectivity index (χ1n) is 7.02. The number of hydrogen-bond acceptors (Lipinski definition) is 5. The number of nitrogens with one attached hydrogen (secondary N) is 1. The summed E-state index contributed by atoms with van der Waals surface area (Å²) < 4.78 is 5.42. The van der Waals surface area contributed by atoms with Crippen LogP contribution in [0.15, 0.2) is 0 Å². The van der Waals surface area contributed by atoms with Crippen molar-refractivity contribution in [2.24, 2.45) is 0 Å². The van der Waals surface area contributed by atoms with Gasteiger partial charge in [0.25, 0.3) is 0 Å². The molecule has 1 fully saturated rings. The molecule has 2 rings (SSSR count). The van der Waals surface area contributed by atoms with Crippen LogP contribution >= 0.6 is 0 Å². The van der Waals surface area contributed by atoms with E-state index in [9.17, 15) is 0 Å². The van der Waals surface area contributed by atoms with Crippen LogP contribution in [-0.2, 0) is 4.74 Å². The Kier molecular flexibility index (Phi) is 4.58. The molecule has 1 aliphatic heterocycles. The highest BCUT2D eigenvalue weighted by Crippen LogP contribution is 2.26. The third-order valence-electron chi connectivity index (χ3n) is 3.65. The number of nitrogens with zero attached hydrogens (tertiary/aromatic N) is 3. The average molecular weight is 264 g/mol. The molecule has 0 spiro atoms. The van der Waals surface area contributed by atoms with Crippen molar-refractivity contribution in [2.75, 3.05) is 37.0 Å². The monoisotopic (exact) mass is 264 g/mol. The van der Waals surface area contributed by atoms with Crippen LogP contribution in [0.2, 0.25) is 0 Å². The summed E-state index contributed by atoms with van der Waals surface area (Å²) in [5.74, 6) is 2.85. The number of methoxy groups -OCH3 is 1. The Labute approximate surface area is 115 Å². The molecule has 0 aromatic carbocycles. The van der Waals surface area contributed by atoms with Crippen molar-refractivity contribution >= 4 is 11.6 Å². The number of aromatic nitrogens is 2. The van der Waals surface area contributed by atoms with Crippen LogP contribution in [0.4, 0.5) is 11.6 Å². The normalized spacial score (nSPS) is 16.7. The summed E-state index contributed by atoms with van der Waals surface area (Å²) >= 11 is 0. The van der Waals surface area contributed by atoms with E-state index in [1.54, 1.807) is 7.11 Å². The van der Waals surface area contributed by atoms with Gasteiger partial charge in [-0.15, -0.1) is 0 Å². The molecule has 2 heterocycles. The number of rotatable bonds is 4. The Hall–Kier alpha value is -1.36. The fraction of sp³-hybridized carbons (Fsp3) is 0.714. The Balaban J connectivity index is 2.20. The Morgan fingerprint density at radius 3 is 2.53 bits per heavy atom. The predicted molar refractivity (Wildman–Crippen MR) is 77.9 cm³/mol. The van der Waals surface area contributed by atoms with Crippen molar-refractivity contribution in [1.29, 1.82) is 0 Å². The fourth-order valence-corrected chi connectivity index (χ4v) is 2.56. The van der Waals surface area contributed by atoms with Crippen LogP contribution in [0, 0.1) is 13.8 Å². The lowest BCUT2D eigenvalue weighted by Crippen LogP contribution is -2.37. The van der Waals surface area contributed by atoms with Crippen LogP contribution in [-0.4, -0.2) is 42.8 Å². The Bertz CT molecular complexity index is 428. The molecule has 5 heteroatoms. The second kappa shape index (κ2) is 6.19. The Morgan fingerprint density at radius 2 is 1.95 bits per heavy atom. The molecule has 0 aliphatic carbocycles.